The van der Waals surface area contributed by atoms with Crippen LogP contribution in [0, 0.1) is 0 Å². The van der Waals surface area contributed by atoms with E-state index in [1.165, 1.54) is 10.8 Å². The lowest BCUT2D eigenvalue weighted by Crippen LogP contribution is -2.44. The maximum Gasteiger partial charge on any atom is 0.425 e. The molecule has 0 spiro atoms. The number of likely N-dealkylation sites (N-methyl/N-ethyl adjacent to an activating group) is 1. The highest BCUT2D eigenvalue weighted by Gasteiger charge is 2.33. The van der Waals surface area contributed by atoms with E-state index in [9.17, 15) is 9.59 Å². The first-order valence-corrected chi connectivity index (χ1v) is 14.2. The van der Waals surface area contributed by atoms with Crippen molar-refractivity contribution in [3.05, 3.63) is 96.6 Å². The Morgan fingerprint density at radius 2 is 1.42 bits per heavy atom. The molecular formula is C35H40N4O4. The van der Waals surface area contributed by atoms with E-state index < -0.39 is 23.4 Å². The van der Waals surface area contributed by atoms with Crippen LogP contribution in [0.2, 0.25) is 0 Å². The van der Waals surface area contributed by atoms with Crippen LogP contribution in [0.1, 0.15) is 52.7 Å². The normalized spacial score (nSPS) is 11.8. The fraction of sp³-hybridized carbons (Fsp3) is 0.314. The highest BCUT2D eigenvalue weighted by molar-refractivity contribution is 6.08. The average molecular weight is 581 g/mol. The second-order valence-electron chi connectivity index (χ2n) is 12.6. The molecule has 0 atom stereocenters. The number of anilines is 1. The molecular weight excluding hydrogens is 540 g/mol. The Kier molecular flexibility index (Phi) is 9.30. The smallest absolute Gasteiger partial charge is 0.425 e. The van der Waals surface area contributed by atoms with Crippen molar-refractivity contribution in [2.24, 2.45) is 0 Å². The molecule has 4 rings (SSSR count). The molecule has 8 nitrogen and oxygen atoms in total. The summed E-state index contributed by atoms with van der Waals surface area (Å²) in [6.45, 7) is 16.1. The van der Waals surface area contributed by atoms with Gasteiger partial charge < -0.3 is 9.47 Å². The molecule has 0 saturated carbocycles. The number of hydrogen-bond donors (Lipinski definition) is 0. The van der Waals surface area contributed by atoms with E-state index in [4.69, 9.17) is 9.47 Å². The van der Waals surface area contributed by atoms with Gasteiger partial charge in [0.1, 0.15) is 11.2 Å². The Balaban J connectivity index is 1.47. The molecule has 0 fully saturated rings. The lowest BCUT2D eigenvalue weighted by Gasteiger charge is -2.27. The van der Waals surface area contributed by atoms with Crippen molar-refractivity contribution in [3.63, 3.8) is 0 Å². The predicted octanol–water partition coefficient (Wildman–Crippen LogP) is 8.12. The number of aromatic nitrogens is 2. The summed E-state index contributed by atoms with van der Waals surface area (Å²) >= 11 is 0. The van der Waals surface area contributed by atoms with Crippen LogP contribution >= 0.6 is 0 Å². The summed E-state index contributed by atoms with van der Waals surface area (Å²) in [6.07, 6.45) is -1.78. The number of nitrogens with zero attached hydrogens (tertiary/aromatic N) is 4. The number of carbonyl (C=O) groups is 2. The minimum atomic E-state index is -0.890. The van der Waals surface area contributed by atoms with E-state index in [0.717, 1.165) is 27.2 Å². The predicted molar refractivity (Wildman–Crippen MR) is 172 cm³/mol. The molecule has 0 saturated heterocycles. The van der Waals surface area contributed by atoms with E-state index in [-0.39, 0.29) is 5.82 Å². The lowest BCUT2D eigenvalue weighted by molar-refractivity contribution is 0.0428. The van der Waals surface area contributed by atoms with Gasteiger partial charge in [-0.3, -0.25) is 4.90 Å². The van der Waals surface area contributed by atoms with Crippen molar-refractivity contribution < 1.29 is 19.1 Å². The molecule has 224 valence electrons. The van der Waals surface area contributed by atoms with Gasteiger partial charge in [0.05, 0.1) is 5.69 Å². The van der Waals surface area contributed by atoms with Crippen LogP contribution in [0.4, 0.5) is 15.4 Å². The number of imide groups is 1. The molecule has 0 aliphatic carbocycles. The number of ether oxygens (including phenoxy) is 2. The van der Waals surface area contributed by atoms with Gasteiger partial charge in [-0.1, -0.05) is 61.2 Å². The largest absolute Gasteiger partial charge is 0.443 e. The second kappa shape index (κ2) is 12.8. The first-order chi connectivity index (χ1) is 20.2. The van der Waals surface area contributed by atoms with Crippen LogP contribution in [0.3, 0.4) is 0 Å². The van der Waals surface area contributed by atoms with Gasteiger partial charge in [-0.05, 0) is 100 Å². The molecule has 8 heteroatoms. The molecule has 2 amide bonds. The second-order valence-corrected chi connectivity index (χ2v) is 12.6. The van der Waals surface area contributed by atoms with Gasteiger partial charge in [0.2, 0.25) is 0 Å². The van der Waals surface area contributed by atoms with Crippen molar-refractivity contribution in [2.45, 2.75) is 59.3 Å². The van der Waals surface area contributed by atoms with E-state index in [0.29, 0.717) is 18.8 Å². The zero-order valence-corrected chi connectivity index (χ0v) is 26.0. The van der Waals surface area contributed by atoms with Gasteiger partial charge in [0, 0.05) is 18.7 Å². The topological polar surface area (TPSA) is 84.9 Å². The molecule has 1 aromatic heterocycles. The van der Waals surface area contributed by atoms with E-state index >= 15 is 0 Å². The summed E-state index contributed by atoms with van der Waals surface area (Å²) in [4.78, 5) is 28.9. The Labute approximate surface area is 253 Å². The lowest BCUT2D eigenvalue weighted by atomic mass is 10.0. The van der Waals surface area contributed by atoms with E-state index in [2.05, 4.69) is 71.2 Å². The Morgan fingerprint density at radius 1 is 0.767 bits per heavy atom. The van der Waals surface area contributed by atoms with E-state index in [1.54, 1.807) is 53.7 Å². The van der Waals surface area contributed by atoms with Gasteiger partial charge in [0.15, 0.2) is 5.82 Å². The first-order valence-electron chi connectivity index (χ1n) is 14.2. The molecule has 0 radical (unpaired) electrons. The molecule has 0 bridgehead atoms. The van der Waals surface area contributed by atoms with Crippen molar-refractivity contribution in [1.82, 2.24) is 15.1 Å². The number of amides is 2. The molecule has 43 heavy (non-hydrogen) atoms. The molecule has 0 unspecified atom stereocenters. The summed E-state index contributed by atoms with van der Waals surface area (Å²) in [5.74, 6) is 0.00957. The summed E-state index contributed by atoms with van der Waals surface area (Å²) < 4.78 is 10.9. The monoisotopic (exact) mass is 580 g/mol. The maximum atomic E-state index is 12.9. The third-order valence-corrected chi connectivity index (χ3v) is 6.33. The van der Waals surface area contributed by atoms with Crippen molar-refractivity contribution in [1.29, 1.82) is 0 Å². The fourth-order valence-corrected chi connectivity index (χ4v) is 4.50. The molecule has 0 N–H and O–H groups in total. The van der Waals surface area contributed by atoms with Crippen molar-refractivity contribution in [3.8, 4) is 11.3 Å². The Morgan fingerprint density at radius 3 is 2.02 bits per heavy atom. The highest BCUT2D eigenvalue weighted by Crippen LogP contribution is 2.25. The van der Waals surface area contributed by atoms with Crippen LogP contribution in [-0.4, -0.2) is 52.1 Å². The number of fused-ring (bicyclic) bond motifs is 1. The van der Waals surface area contributed by atoms with Crippen molar-refractivity contribution in [2.75, 3.05) is 18.5 Å². The van der Waals surface area contributed by atoms with Crippen LogP contribution in [0.25, 0.3) is 27.6 Å². The SMILES string of the molecule is C=C(CN(C)Cc1cccc(-c2ccc(N(C(=O)OC(C)(C)C)C(=O)OC(C)(C)C)nn2)c1)c1ccc2ccccc2c1. The van der Waals surface area contributed by atoms with Crippen LogP contribution in [-0.2, 0) is 16.0 Å². The van der Waals surface area contributed by atoms with Gasteiger partial charge >= 0.3 is 12.2 Å². The van der Waals surface area contributed by atoms with Crippen LogP contribution < -0.4 is 4.90 Å². The zero-order valence-electron chi connectivity index (χ0n) is 26.0. The van der Waals surface area contributed by atoms with Gasteiger partial charge in [-0.25, -0.2) is 9.59 Å². The van der Waals surface area contributed by atoms with Gasteiger partial charge in [-0.2, -0.15) is 4.90 Å². The third-order valence-electron chi connectivity index (χ3n) is 6.33. The summed E-state index contributed by atoms with van der Waals surface area (Å²) in [5, 5.41) is 10.9. The minimum absolute atomic E-state index is 0.00957. The van der Waals surface area contributed by atoms with Gasteiger partial charge in [0.25, 0.3) is 0 Å². The molecule has 4 aromatic rings. The van der Waals surface area contributed by atoms with Crippen LogP contribution in [0.15, 0.2) is 85.4 Å². The molecule has 0 aliphatic heterocycles. The highest BCUT2D eigenvalue weighted by atomic mass is 16.6. The van der Waals surface area contributed by atoms with E-state index in [1.807, 2.05) is 24.3 Å². The first kappa shape index (κ1) is 31.4. The minimum Gasteiger partial charge on any atom is -0.443 e. The standard InChI is InChI=1S/C35H40N4O4/c1-24(27-17-16-26-13-9-10-14-28(26)21-27)22-38(8)23-25-12-11-15-29(20-25)30-18-19-31(37-36-30)39(32(40)42-34(2,3)4)33(41)43-35(5,6)7/h9-21H,1,22-23H2,2-8H3. The van der Waals surface area contributed by atoms with Crippen LogP contribution in [0.5, 0.6) is 0 Å². The fourth-order valence-electron chi connectivity index (χ4n) is 4.50. The zero-order chi connectivity index (χ0) is 31.4. The molecule has 3 aromatic carbocycles. The Bertz CT molecular complexity index is 1590. The third kappa shape index (κ3) is 8.72. The average Bonchev–Trinajstić information content (AvgIpc) is 2.91. The number of carbonyl (C=O) groups excluding carboxylic acids is 2. The quantitative estimate of drug-likeness (QED) is 0.218. The molecule has 1 heterocycles. The maximum absolute atomic E-state index is 12.9. The summed E-state index contributed by atoms with van der Waals surface area (Å²) in [5.41, 5.74) is 3.09. The number of rotatable bonds is 7. The van der Waals surface area contributed by atoms with Crippen molar-refractivity contribution >= 4 is 34.3 Å². The summed E-state index contributed by atoms with van der Waals surface area (Å²) in [7, 11) is 2.06. The number of benzene rings is 3. The summed E-state index contributed by atoms with van der Waals surface area (Å²) in [6, 6.07) is 26.1. The van der Waals surface area contributed by atoms with Gasteiger partial charge in [-0.15, -0.1) is 10.2 Å². The molecule has 0 aliphatic rings. The Hall–Kier alpha value is -4.56. The number of hydrogen-bond acceptors (Lipinski definition) is 7.